The highest BCUT2D eigenvalue weighted by Gasteiger charge is 2.12. The lowest BCUT2D eigenvalue weighted by molar-refractivity contribution is -0.149. The molecule has 2 aromatic rings. The van der Waals surface area contributed by atoms with Crippen LogP contribution in [0.1, 0.15) is 118 Å². The molecule has 0 saturated heterocycles. The molecule has 0 aliphatic heterocycles. The molecule has 2 aromatic carbocycles. The Bertz CT molecular complexity index is 1050. The van der Waals surface area contributed by atoms with Gasteiger partial charge in [-0.15, -0.1) is 0 Å². The van der Waals surface area contributed by atoms with Gasteiger partial charge in [-0.05, 0) is 75.6 Å². The van der Waals surface area contributed by atoms with Crippen LogP contribution in [0.15, 0.2) is 42.5 Å². The molecule has 0 heterocycles. The van der Waals surface area contributed by atoms with Crippen molar-refractivity contribution in [3.8, 4) is 11.1 Å². The Hall–Kier alpha value is -3.35. The largest absolute Gasteiger partial charge is 0.461 e. The summed E-state index contributed by atoms with van der Waals surface area (Å²) in [5.41, 5.74) is 6.73. The Morgan fingerprint density at radius 1 is 0.841 bits per heavy atom. The lowest BCUT2D eigenvalue weighted by atomic mass is 9.98. The van der Waals surface area contributed by atoms with Crippen molar-refractivity contribution >= 4 is 18.0 Å². The summed E-state index contributed by atoms with van der Waals surface area (Å²) in [6, 6.07) is 15.8. The van der Waals surface area contributed by atoms with Gasteiger partial charge in [-0.3, -0.25) is 9.59 Å². The summed E-state index contributed by atoms with van der Waals surface area (Å²) in [6.45, 7) is 23.9. The van der Waals surface area contributed by atoms with Crippen molar-refractivity contribution in [3.63, 3.8) is 0 Å². The zero-order chi connectivity index (χ0) is 34.1. The summed E-state index contributed by atoms with van der Waals surface area (Å²) < 4.78 is 10.0. The van der Waals surface area contributed by atoms with Crippen LogP contribution in [0.4, 0.5) is 4.79 Å². The third-order valence-corrected chi connectivity index (χ3v) is 6.47. The lowest BCUT2D eigenvalue weighted by Crippen LogP contribution is -2.35. The predicted molar refractivity (Wildman–Crippen MR) is 185 cm³/mol. The average Bonchev–Trinajstić information content (AvgIpc) is 3.00. The second kappa shape index (κ2) is 26.1. The number of amides is 2. The molecule has 0 saturated carbocycles. The Morgan fingerprint density at radius 3 is 1.89 bits per heavy atom. The molecule has 0 spiro atoms. The van der Waals surface area contributed by atoms with Crippen LogP contribution in [-0.4, -0.2) is 42.8 Å². The highest BCUT2D eigenvalue weighted by atomic mass is 16.6. The standard InChI is InChI=1S/C16H18.C10H21NO2.C9H17NO3.C2H6/c1-4-14-6-8-15(9-7-14)16-10-5-12(2)11-13(16)3;1-5-7-9(6-2)11-10(12)13-8(3)4;1-4-8(6-10-7(3)11)13-9(12)5-2;1-2/h5-11H,4H2,1-3H3;8-9H,5-7H2,1-4H3,(H,11,12);8H,4-6H2,1-3H3,(H,10,11);1-2H3/t;9-;;/m.0../s1. The minimum atomic E-state index is -0.296. The molecule has 7 nitrogen and oxygen atoms in total. The molecule has 0 fully saturated rings. The van der Waals surface area contributed by atoms with Crippen LogP contribution in [0.25, 0.3) is 11.1 Å². The summed E-state index contributed by atoms with van der Waals surface area (Å²) in [7, 11) is 0. The molecule has 0 aromatic heterocycles. The molecule has 250 valence electrons. The molecule has 2 atom stereocenters. The molecule has 0 bridgehead atoms. The zero-order valence-corrected chi connectivity index (χ0v) is 29.8. The van der Waals surface area contributed by atoms with E-state index in [0.717, 1.165) is 25.7 Å². The van der Waals surface area contributed by atoms with Gasteiger partial charge >= 0.3 is 12.1 Å². The van der Waals surface area contributed by atoms with Crippen molar-refractivity contribution in [2.75, 3.05) is 6.54 Å². The second-order valence-corrected chi connectivity index (χ2v) is 10.7. The Balaban J connectivity index is 0. The third-order valence-electron chi connectivity index (χ3n) is 6.47. The smallest absolute Gasteiger partial charge is 0.407 e. The zero-order valence-electron chi connectivity index (χ0n) is 29.8. The summed E-state index contributed by atoms with van der Waals surface area (Å²) >= 11 is 0. The van der Waals surface area contributed by atoms with E-state index in [2.05, 4.69) is 87.7 Å². The van der Waals surface area contributed by atoms with Crippen molar-refractivity contribution < 1.29 is 23.9 Å². The molecule has 0 aliphatic rings. The van der Waals surface area contributed by atoms with Crippen molar-refractivity contribution in [1.82, 2.24) is 10.6 Å². The number of ether oxygens (including phenoxy) is 2. The topological polar surface area (TPSA) is 93.7 Å². The fourth-order valence-electron chi connectivity index (χ4n) is 4.00. The van der Waals surface area contributed by atoms with Crippen molar-refractivity contribution in [2.24, 2.45) is 0 Å². The van der Waals surface area contributed by atoms with E-state index in [1.807, 2.05) is 34.6 Å². The summed E-state index contributed by atoms with van der Waals surface area (Å²) in [5, 5.41) is 5.45. The normalized spacial score (nSPS) is 11.2. The van der Waals surface area contributed by atoms with E-state index in [1.165, 1.54) is 34.7 Å². The molecular weight excluding hydrogens is 552 g/mol. The van der Waals surface area contributed by atoms with E-state index in [1.54, 1.807) is 6.92 Å². The van der Waals surface area contributed by atoms with Crippen molar-refractivity contribution in [1.29, 1.82) is 0 Å². The van der Waals surface area contributed by atoms with Gasteiger partial charge in [0.2, 0.25) is 5.91 Å². The fourth-order valence-corrected chi connectivity index (χ4v) is 4.00. The van der Waals surface area contributed by atoms with E-state index in [9.17, 15) is 14.4 Å². The van der Waals surface area contributed by atoms with Crippen LogP contribution in [0, 0.1) is 13.8 Å². The maximum absolute atomic E-state index is 11.2. The summed E-state index contributed by atoms with van der Waals surface area (Å²) in [5.74, 6) is -0.330. The average molecular weight is 615 g/mol. The minimum Gasteiger partial charge on any atom is -0.461 e. The number of alkyl carbamates (subject to hydrolysis) is 1. The molecule has 1 unspecified atom stereocenters. The Morgan fingerprint density at radius 2 is 1.45 bits per heavy atom. The van der Waals surface area contributed by atoms with Gasteiger partial charge in [0.25, 0.3) is 0 Å². The highest BCUT2D eigenvalue weighted by Crippen LogP contribution is 2.24. The summed E-state index contributed by atoms with van der Waals surface area (Å²) in [6.07, 6.45) is 4.71. The number of hydrogen-bond donors (Lipinski definition) is 2. The van der Waals surface area contributed by atoms with E-state index in [4.69, 9.17) is 9.47 Å². The maximum atomic E-state index is 11.2. The minimum absolute atomic E-state index is 0.0425. The SMILES string of the molecule is CC.CCC(=O)OC(CC)CNC(C)=O.CCC[C@H](CC)NC(=O)OC(C)C.CCc1ccc(-c2ccc(C)cc2C)cc1. The lowest BCUT2D eigenvalue weighted by Gasteiger charge is -2.16. The number of carbonyl (C=O) groups is 3. The number of carbonyl (C=O) groups excluding carboxylic acids is 3. The maximum Gasteiger partial charge on any atom is 0.407 e. The molecule has 7 heteroatoms. The van der Waals surface area contributed by atoms with Gasteiger partial charge in [-0.25, -0.2) is 4.79 Å². The van der Waals surface area contributed by atoms with Crippen LogP contribution >= 0.6 is 0 Å². The number of hydrogen-bond acceptors (Lipinski definition) is 5. The van der Waals surface area contributed by atoms with Gasteiger partial charge in [-0.1, -0.05) is 103 Å². The number of nitrogens with one attached hydrogen (secondary N) is 2. The molecule has 2 N–H and O–H groups in total. The van der Waals surface area contributed by atoms with Gasteiger partial charge in [0, 0.05) is 19.4 Å². The van der Waals surface area contributed by atoms with Gasteiger partial charge in [0.15, 0.2) is 0 Å². The van der Waals surface area contributed by atoms with E-state index in [0.29, 0.717) is 19.4 Å². The first-order valence-electron chi connectivity index (χ1n) is 16.5. The molecule has 0 radical (unpaired) electrons. The van der Waals surface area contributed by atoms with Gasteiger partial charge in [-0.2, -0.15) is 0 Å². The molecule has 2 rings (SSSR count). The van der Waals surface area contributed by atoms with Crippen LogP contribution in [0.2, 0.25) is 0 Å². The molecule has 2 amide bonds. The molecule has 0 aliphatic carbocycles. The van der Waals surface area contributed by atoms with Gasteiger partial charge in [0.05, 0.1) is 12.6 Å². The quantitative estimate of drug-likeness (QED) is 0.233. The first-order valence-corrected chi connectivity index (χ1v) is 16.5. The second-order valence-electron chi connectivity index (χ2n) is 10.7. The number of esters is 1. The third kappa shape index (κ3) is 20.5. The van der Waals surface area contributed by atoms with Gasteiger partial charge in [0.1, 0.15) is 6.10 Å². The van der Waals surface area contributed by atoms with Crippen LogP contribution < -0.4 is 10.6 Å². The highest BCUT2D eigenvalue weighted by molar-refractivity contribution is 5.73. The Labute approximate surface area is 268 Å². The van der Waals surface area contributed by atoms with E-state index in [-0.39, 0.29) is 36.2 Å². The van der Waals surface area contributed by atoms with E-state index >= 15 is 0 Å². The number of aryl methyl sites for hydroxylation is 3. The number of benzene rings is 2. The van der Waals surface area contributed by atoms with Crippen molar-refractivity contribution in [3.05, 3.63) is 59.2 Å². The van der Waals surface area contributed by atoms with Gasteiger partial charge < -0.3 is 20.1 Å². The van der Waals surface area contributed by atoms with Crippen LogP contribution in [-0.2, 0) is 25.5 Å². The monoisotopic (exact) mass is 614 g/mol. The fraction of sp³-hybridized carbons (Fsp3) is 0.595. The van der Waals surface area contributed by atoms with Crippen LogP contribution in [0.3, 0.4) is 0 Å². The van der Waals surface area contributed by atoms with Crippen molar-refractivity contribution in [2.45, 2.75) is 140 Å². The molecular formula is C37H62N2O5. The van der Waals surface area contributed by atoms with E-state index < -0.39 is 0 Å². The Kier molecular flexibility index (Phi) is 25.4. The first kappa shape index (κ1) is 42.8. The first-order chi connectivity index (χ1) is 20.9. The van der Waals surface area contributed by atoms with Crippen LogP contribution in [0.5, 0.6) is 0 Å². The number of rotatable bonds is 12. The summed E-state index contributed by atoms with van der Waals surface area (Å²) in [4.78, 5) is 32.6. The molecule has 44 heavy (non-hydrogen) atoms. The predicted octanol–water partition coefficient (Wildman–Crippen LogP) is 9.11.